The number of fused-ring (bicyclic) bond motifs is 1. The molecule has 0 radical (unpaired) electrons. The minimum absolute atomic E-state index is 0.0338. The number of aryl methyl sites for hydroxylation is 1. The zero-order valence-electron chi connectivity index (χ0n) is 12.8. The van der Waals surface area contributed by atoms with Gasteiger partial charge in [-0.3, -0.25) is 14.3 Å². The first-order valence-corrected chi connectivity index (χ1v) is 7.45. The Bertz CT molecular complexity index is 712. The molecule has 7 heteroatoms. The van der Waals surface area contributed by atoms with Gasteiger partial charge in [-0.05, 0) is 30.7 Å². The molecule has 1 aliphatic heterocycles. The topological polar surface area (TPSA) is 85.3 Å². The summed E-state index contributed by atoms with van der Waals surface area (Å²) in [5.41, 5.74) is 1.54. The molecule has 1 aromatic carbocycles. The van der Waals surface area contributed by atoms with Crippen molar-refractivity contribution < 1.29 is 14.3 Å². The fourth-order valence-electron chi connectivity index (χ4n) is 2.42. The van der Waals surface area contributed by atoms with E-state index in [0.29, 0.717) is 24.4 Å². The summed E-state index contributed by atoms with van der Waals surface area (Å²) in [6.07, 6.45) is 3.86. The molecule has 0 saturated carbocycles. The predicted molar refractivity (Wildman–Crippen MR) is 84.0 cm³/mol. The number of hydrogen-bond donors (Lipinski definition) is 2. The van der Waals surface area contributed by atoms with E-state index in [4.69, 9.17) is 4.74 Å². The van der Waals surface area contributed by atoms with Crippen molar-refractivity contribution in [3.63, 3.8) is 0 Å². The Hall–Kier alpha value is -2.83. The second-order valence-corrected chi connectivity index (χ2v) is 5.40. The molecule has 23 heavy (non-hydrogen) atoms. The van der Waals surface area contributed by atoms with E-state index in [2.05, 4.69) is 15.7 Å². The van der Waals surface area contributed by atoms with Crippen LogP contribution in [-0.2, 0) is 16.1 Å². The molecule has 1 aliphatic rings. The van der Waals surface area contributed by atoms with Crippen molar-refractivity contribution in [3.8, 4) is 5.75 Å². The molecule has 1 atom stereocenters. The van der Waals surface area contributed by atoms with Gasteiger partial charge in [-0.25, -0.2) is 0 Å². The van der Waals surface area contributed by atoms with Crippen molar-refractivity contribution in [2.45, 2.75) is 25.9 Å². The number of carbonyl (C=O) groups is 2. The maximum absolute atomic E-state index is 12.0. The Balaban J connectivity index is 1.59. The summed E-state index contributed by atoms with van der Waals surface area (Å²) in [5.74, 6) is 0.419. The van der Waals surface area contributed by atoms with Gasteiger partial charge in [0.05, 0.1) is 11.7 Å². The molecule has 120 valence electrons. The third-order valence-electron chi connectivity index (χ3n) is 3.64. The van der Waals surface area contributed by atoms with Gasteiger partial charge in [0.25, 0.3) is 5.91 Å². The number of nitrogens with one attached hydrogen (secondary N) is 2. The van der Waals surface area contributed by atoms with Gasteiger partial charge in [0, 0.05) is 25.4 Å². The van der Waals surface area contributed by atoms with E-state index in [1.54, 1.807) is 16.9 Å². The number of amides is 2. The summed E-state index contributed by atoms with van der Waals surface area (Å²) in [4.78, 5) is 23.4. The standard InChI is InChI=1S/C16H18N4O3/c1-11(18-15(21)5-8-20-7-2-6-17-20)12-3-4-14-13(9-12)19-16(22)10-23-14/h2-4,6-7,9,11H,5,8,10H2,1H3,(H,18,21)(H,19,22)/t11-/m1/s1. The molecule has 2 amide bonds. The van der Waals surface area contributed by atoms with Crippen LogP contribution in [0.3, 0.4) is 0 Å². The molecule has 2 heterocycles. The lowest BCUT2D eigenvalue weighted by molar-refractivity contribution is -0.122. The van der Waals surface area contributed by atoms with Gasteiger partial charge in [-0.1, -0.05) is 6.07 Å². The second kappa shape index (κ2) is 6.51. The van der Waals surface area contributed by atoms with Gasteiger partial charge in [0.1, 0.15) is 5.75 Å². The Morgan fingerprint density at radius 1 is 1.52 bits per heavy atom. The molecular formula is C16H18N4O3. The van der Waals surface area contributed by atoms with Gasteiger partial charge in [-0.2, -0.15) is 5.10 Å². The third-order valence-corrected chi connectivity index (χ3v) is 3.64. The molecule has 0 fully saturated rings. The molecule has 1 aromatic heterocycles. The largest absolute Gasteiger partial charge is 0.482 e. The average Bonchev–Trinajstić information content (AvgIpc) is 3.05. The number of ether oxygens (including phenoxy) is 1. The highest BCUT2D eigenvalue weighted by molar-refractivity contribution is 5.95. The summed E-state index contributed by atoms with van der Waals surface area (Å²) in [5, 5.41) is 9.77. The normalized spacial score (nSPS) is 14.4. The smallest absolute Gasteiger partial charge is 0.262 e. The molecular weight excluding hydrogens is 296 g/mol. The van der Waals surface area contributed by atoms with Crippen LogP contribution < -0.4 is 15.4 Å². The number of rotatable bonds is 5. The minimum Gasteiger partial charge on any atom is -0.482 e. The van der Waals surface area contributed by atoms with Gasteiger partial charge in [0.15, 0.2) is 6.61 Å². The van der Waals surface area contributed by atoms with Crippen LogP contribution in [0.5, 0.6) is 5.75 Å². The number of carbonyl (C=O) groups excluding carboxylic acids is 2. The van der Waals surface area contributed by atoms with Crippen LogP contribution in [0.1, 0.15) is 24.9 Å². The Kier molecular flexibility index (Phi) is 4.27. The van der Waals surface area contributed by atoms with Crippen molar-refractivity contribution in [2.24, 2.45) is 0 Å². The molecule has 3 rings (SSSR count). The minimum atomic E-state index is -0.175. The van der Waals surface area contributed by atoms with Gasteiger partial charge < -0.3 is 15.4 Å². The average molecular weight is 314 g/mol. The Morgan fingerprint density at radius 2 is 2.39 bits per heavy atom. The first-order chi connectivity index (χ1) is 11.1. The monoisotopic (exact) mass is 314 g/mol. The lowest BCUT2D eigenvalue weighted by atomic mass is 10.1. The summed E-state index contributed by atoms with van der Waals surface area (Å²) >= 11 is 0. The van der Waals surface area contributed by atoms with E-state index in [1.807, 2.05) is 31.3 Å². The van der Waals surface area contributed by atoms with Crippen molar-refractivity contribution in [1.82, 2.24) is 15.1 Å². The molecule has 2 N–H and O–H groups in total. The summed E-state index contributed by atoms with van der Waals surface area (Å²) in [7, 11) is 0. The van der Waals surface area contributed by atoms with Crippen LogP contribution in [-0.4, -0.2) is 28.2 Å². The van der Waals surface area contributed by atoms with Crippen molar-refractivity contribution >= 4 is 17.5 Å². The molecule has 2 aromatic rings. The first-order valence-electron chi connectivity index (χ1n) is 7.45. The van der Waals surface area contributed by atoms with E-state index in [9.17, 15) is 9.59 Å². The summed E-state index contributed by atoms with van der Waals surface area (Å²) < 4.78 is 7.04. The van der Waals surface area contributed by atoms with Crippen LogP contribution in [0.25, 0.3) is 0 Å². The highest BCUT2D eigenvalue weighted by atomic mass is 16.5. The lowest BCUT2D eigenvalue weighted by Crippen LogP contribution is -2.28. The highest BCUT2D eigenvalue weighted by Crippen LogP contribution is 2.30. The van der Waals surface area contributed by atoms with E-state index in [-0.39, 0.29) is 24.5 Å². The van der Waals surface area contributed by atoms with Gasteiger partial charge >= 0.3 is 0 Å². The molecule has 0 spiro atoms. The number of aromatic nitrogens is 2. The van der Waals surface area contributed by atoms with E-state index >= 15 is 0 Å². The third kappa shape index (κ3) is 3.68. The summed E-state index contributed by atoms with van der Waals surface area (Å²) in [6.45, 7) is 2.48. The molecule has 0 unspecified atom stereocenters. The predicted octanol–water partition coefficient (Wildman–Crippen LogP) is 1.48. The van der Waals surface area contributed by atoms with Crippen LogP contribution in [0.2, 0.25) is 0 Å². The van der Waals surface area contributed by atoms with Gasteiger partial charge in [0.2, 0.25) is 5.91 Å². The fraction of sp³-hybridized carbons (Fsp3) is 0.312. The number of nitrogens with zero attached hydrogens (tertiary/aromatic N) is 2. The van der Waals surface area contributed by atoms with Crippen LogP contribution >= 0.6 is 0 Å². The van der Waals surface area contributed by atoms with Gasteiger partial charge in [-0.15, -0.1) is 0 Å². The SMILES string of the molecule is C[C@@H](NC(=O)CCn1cccn1)c1ccc2c(c1)NC(=O)CO2. The number of hydrogen-bond acceptors (Lipinski definition) is 4. The Morgan fingerprint density at radius 3 is 3.17 bits per heavy atom. The first kappa shape index (κ1) is 15.1. The van der Waals surface area contributed by atoms with Crippen LogP contribution in [0, 0.1) is 0 Å². The Labute approximate surface area is 133 Å². The number of anilines is 1. The van der Waals surface area contributed by atoms with E-state index in [0.717, 1.165) is 5.56 Å². The van der Waals surface area contributed by atoms with Crippen molar-refractivity contribution in [3.05, 3.63) is 42.2 Å². The highest BCUT2D eigenvalue weighted by Gasteiger charge is 2.18. The molecule has 7 nitrogen and oxygen atoms in total. The van der Waals surface area contributed by atoms with Crippen molar-refractivity contribution in [2.75, 3.05) is 11.9 Å². The second-order valence-electron chi connectivity index (χ2n) is 5.40. The lowest BCUT2D eigenvalue weighted by Gasteiger charge is -2.21. The van der Waals surface area contributed by atoms with E-state index < -0.39 is 0 Å². The molecule has 0 saturated heterocycles. The van der Waals surface area contributed by atoms with Crippen LogP contribution in [0.4, 0.5) is 5.69 Å². The molecule has 0 bridgehead atoms. The summed E-state index contributed by atoms with van der Waals surface area (Å²) in [6, 6.07) is 7.17. The molecule has 0 aliphatic carbocycles. The number of benzene rings is 1. The maximum Gasteiger partial charge on any atom is 0.262 e. The quantitative estimate of drug-likeness (QED) is 0.875. The van der Waals surface area contributed by atoms with E-state index in [1.165, 1.54) is 0 Å². The van der Waals surface area contributed by atoms with Crippen LogP contribution in [0.15, 0.2) is 36.7 Å². The fourth-order valence-corrected chi connectivity index (χ4v) is 2.42. The zero-order valence-corrected chi connectivity index (χ0v) is 12.8. The van der Waals surface area contributed by atoms with Crippen molar-refractivity contribution in [1.29, 1.82) is 0 Å². The zero-order chi connectivity index (χ0) is 16.2. The maximum atomic E-state index is 12.0.